The summed E-state index contributed by atoms with van der Waals surface area (Å²) in [7, 11) is 0. The minimum atomic E-state index is -0.476. The Balaban J connectivity index is 1.64. The lowest BCUT2D eigenvalue weighted by molar-refractivity contribution is 0.0398. The highest BCUT2D eigenvalue weighted by atomic mass is 32.2. The van der Waals surface area contributed by atoms with Gasteiger partial charge in [0, 0.05) is 11.9 Å². The summed E-state index contributed by atoms with van der Waals surface area (Å²) in [6, 6.07) is 15.7. The van der Waals surface area contributed by atoms with Crippen LogP contribution in [0.4, 0.5) is 0 Å². The van der Waals surface area contributed by atoms with Crippen LogP contribution in [0.15, 0.2) is 59.8 Å². The molecule has 2 rings (SSSR count). The van der Waals surface area contributed by atoms with Crippen molar-refractivity contribution in [2.75, 3.05) is 12.4 Å². The van der Waals surface area contributed by atoms with E-state index in [1.165, 1.54) is 11.8 Å². The molecule has 0 amide bonds. The maximum atomic E-state index is 9.81. The molecule has 4 heteroatoms. The van der Waals surface area contributed by atoms with Gasteiger partial charge < -0.3 is 9.84 Å². The van der Waals surface area contributed by atoms with Crippen LogP contribution in [-0.2, 0) is 11.3 Å². The normalized spacial score (nSPS) is 12.3. The number of pyridine rings is 1. The van der Waals surface area contributed by atoms with Gasteiger partial charge in [0.05, 0.1) is 24.3 Å². The van der Waals surface area contributed by atoms with E-state index < -0.39 is 6.10 Å². The molecule has 2 aromatic rings. The third kappa shape index (κ3) is 5.42. The molecule has 0 aliphatic rings. The molecule has 0 fully saturated rings. The predicted molar refractivity (Wildman–Crippen MR) is 77.1 cm³/mol. The molecule has 1 unspecified atom stereocenters. The minimum absolute atomic E-state index is 0.342. The van der Waals surface area contributed by atoms with Crippen LogP contribution in [0, 0.1) is 0 Å². The summed E-state index contributed by atoms with van der Waals surface area (Å²) >= 11 is 1.53. The number of aliphatic hydroxyl groups is 1. The van der Waals surface area contributed by atoms with Crippen molar-refractivity contribution in [1.29, 1.82) is 0 Å². The van der Waals surface area contributed by atoms with E-state index in [0.717, 1.165) is 10.6 Å². The molecule has 3 nitrogen and oxygen atoms in total. The van der Waals surface area contributed by atoms with E-state index in [-0.39, 0.29) is 0 Å². The molecule has 1 N–H and O–H groups in total. The zero-order chi connectivity index (χ0) is 13.3. The number of ether oxygens (including phenoxy) is 1. The van der Waals surface area contributed by atoms with E-state index in [4.69, 9.17) is 4.74 Å². The summed E-state index contributed by atoms with van der Waals surface area (Å²) in [5.74, 6) is 0.589. The average Bonchev–Trinajstić information content (AvgIpc) is 2.47. The molecule has 0 saturated carbocycles. The fraction of sp³-hybridized carbons (Fsp3) is 0.267. The summed E-state index contributed by atoms with van der Waals surface area (Å²) < 4.78 is 5.49. The van der Waals surface area contributed by atoms with Gasteiger partial charge in [0.1, 0.15) is 0 Å². The molecule has 100 valence electrons. The molecule has 0 saturated heterocycles. The van der Waals surface area contributed by atoms with Crippen molar-refractivity contribution >= 4 is 11.8 Å². The molecule has 19 heavy (non-hydrogen) atoms. The summed E-state index contributed by atoms with van der Waals surface area (Å²) in [5.41, 5.74) is 1.12. The number of benzene rings is 1. The van der Waals surface area contributed by atoms with Gasteiger partial charge in [-0.3, -0.25) is 0 Å². The summed E-state index contributed by atoms with van der Waals surface area (Å²) in [4.78, 5) is 4.19. The summed E-state index contributed by atoms with van der Waals surface area (Å²) in [6.45, 7) is 0.876. The third-order valence-electron chi connectivity index (χ3n) is 2.48. The number of thioether (sulfide) groups is 1. The second-order valence-corrected chi connectivity index (χ2v) is 5.17. The first kappa shape index (κ1) is 14.1. The van der Waals surface area contributed by atoms with Crippen molar-refractivity contribution < 1.29 is 9.84 Å². The van der Waals surface area contributed by atoms with Crippen LogP contribution in [0.25, 0.3) is 0 Å². The Morgan fingerprint density at radius 3 is 2.63 bits per heavy atom. The van der Waals surface area contributed by atoms with Crippen LogP contribution < -0.4 is 0 Å². The minimum Gasteiger partial charge on any atom is -0.390 e. The zero-order valence-electron chi connectivity index (χ0n) is 10.6. The standard InChI is InChI=1S/C15H17NO2S/c17-14(12-19-15-8-4-5-9-16-15)11-18-10-13-6-2-1-3-7-13/h1-9,14,17H,10-12H2. The Morgan fingerprint density at radius 1 is 1.11 bits per heavy atom. The quantitative estimate of drug-likeness (QED) is 0.789. The fourth-order valence-corrected chi connectivity index (χ4v) is 2.32. The zero-order valence-corrected chi connectivity index (χ0v) is 11.4. The van der Waals surface area contributed by atoms with Gasteiger partial charge in [-0.05, 0) is 17.7 Å². The van der Waals surface area contributed by atoms with Crippen molar-refractivity contribution in [2.24, 2.45) is 0 Å². The highest BCUT2D eigenvalue weighted by Crippen LogP contribution is 2.15. The van der Waals surface area contributed by atoms with Crippen LogP contribution in [0.3, 0.4) is 0 Å². The first-order chi connectivity index (χ1) is 9.34. The molecule has 1 aromatic carbocycles. The summed E-state index contributed by atoms with van der Waals surface area (Å²) in [6.07, 6.45) is 1.27. The fourth-order valence-electron chi connectivity index (χ4n) is 1.55. The van der Waals surface area contributed by atoms with Gasteiger partial charge in [0.2, 0.25) is 0 Å². The largest absolute Gasteiger partial charge is 0.390 e. The highest BCUT2D eigenvalue weighted by Gasteiger charge is 2.06. The van der Waals surface area contributed by atoms with E-state index in [0.29, 0.717) is 19.0 Å². The molecule has 0 bridgehead atoms. The highest BCUT2D eigenvalue weighted by molar-refractivity contribution is 7.99. The van der Waals surface area contributed by atoms with E-state index in [2.05, 4.69) is 4.98 Å². The van der Waals surface area contributed by atoms with Crippen LogP contribution in [0.2, 0.25) is 0 Å². The van der Waals surface area contributed by atoms with Crippen molar-refractivity contribution in [3.8, 4) is 0 Å². The van der Waals surface area contributed by atoms with Gasteiger partial charge in [-0.1, -0.05) is 36.4 Å². The molecular weight excluding hydrogens is 258 g/mol. The van der Waals surface area contributed by atoms with Gasteiger partial charge in [0.15, 0.2) is 0 Å². The maximum absolute atomic E-state index is 9.81. The topological polar surface area (TPSA) is 42.4 Å². The number of hydrogen-bond donors (Lipinski definition) is 1. The van der Waals surface area contributed by atoms with E-state index in [1.54, 1.807) is 6.20 Å². The number of nitrogens with zero attached hydrogens (tertiary/aromatic N) is 1. The van der Waals surface area contributed by atoms with Crippen molar-refractivity contribution in [2.45, 2.75) is 17.7 Å². The first-order valence-electron chi connectivity index (χ1n) is 6.18. The summed E-state index contributed by atoms with van der Waals surface area (Å²) in [5, 5.41) is 10.7. The molecule has 1 heterocycles. The van der Waals surface area contributed by atoms with Gasteiger partial charge in [-0.2, -0.15) is 0 Å². The van der Waals surface area contributed by atoms with Crippen LogP contribution in [-0.4, -0.2) is 28.6 Å². The molecule has 0 aliphatic carbocycles. The van der Waals surface area contributed by atoms with Crippen molar-refractivity contribution in [1.82, 2.24) is 4.98 Å². The van der Waals surface area contributed by atoms with Gasteiger partial charge >= 0.3 is 0 Å². The molecule has 0 radical (unpaired) electrons. The second-order valence-electron chi connectivity index (χ2n) is 4.13. The number of aliphatic hydroxyl groups excluding tert-OH is 1. The Labute approximate surface area is 117 Å². The first-order valence-corrected chi connectivity index (χ1v) is 7.17. The van der Waals surface area contributed by atoms with Gasteiger partial charge in [-0.25, -0.2) is 4.98 Å². The molecule has 1 aromatic heterocycles. The maximum Gasteiger partial charge on any atom is 0.0960 e. The lowest BCUT2D eigenvalue weighted by atomic mass is 10.2. The SMILES string of the molecule is OC(COCc1ccccc1)CSc1ccccn1. The van der Waals surface area contributed by atoms with Gasteiger partial charge in [-0.15, -0.1) is 11.8 Å². The molecular formula is C15H17NO2S. The monoisotopic (exact) mass is 275 g/mol. The third-order valence-corrected chi connectivity index (χ3v) is 3.57. The average molecular weight is 275 g/mol. The van der Waals surface area contributed by atoms with Crippen LogP contribution in [0.5, 0.6) is 0 Å². The molecule has 0 aliphatic heterocycles. The Bertz CT molecular complexity index is 464. The number of hydrogen-bond acceptors (Lipinski definition) is 4. The Morgan fingerprint density at radius 2 is 1.89 bits per heavy atom. The predicted octanol–water partition coefficient (Wildman–Crippen LogP) is 2.75. The van der Waals surface area contributed by atoms with Crippen LogP contribution in [0.1, 0.15) is 5.56 Å². The molecule has 1 atom stereocenters. The smallest absolute Gasteiger partial charge is 0.0960 e. The number of aromatic nitrogens is 1. The lowest BCUT2D eigenvalue weighted by Gasteiger charge is -2.10. The van der Waals surface area contributed by atoms with Crippen molar-refractivity contribution in [3.63, 3.8) is 0 Å². The van der Waals surface area contributed by atoms with E-state index >= 15 is 0 Å². The van der Waals surface area contributed by atoms with E-state index in [9.17, 15) is 5.11 Å². The second kappa shape index (κ2) is 7.94. The Hall–Kier alpha value is -1.36. The van der Waals surface area contributed by atoms with E-state index in [1.807, 2.05) is 48.5 Å². The Kier molecular flexibility index (Phi) is 5.88. The molecule has 0 spiro atoms. The number of rotatable bonds is 7. The van der Waals surface area contributed by atoms with Gasteiger partial charge in [0.25, 0.3) is 0 Å². The van der Waals surface area contributed by atoms with Crippen LogP contribution >= 0.6 is 11.8 Å². The lowest BCUT2D eigenvalue weighted by Crippen LogP contribution is -2.17. The van der Waals surface area contributed by atoms with Crippen molar-refractivity contribution in [3.05, 3.63) is 60.3 Å².